The number of ether oxygens (including phenoxy) is 1. The van der Waals surface area contributed by atoms with Crippen LogP contribution in [0.3, 0.4) is 0 Å². The number of carbonyl (C=O) groups excluding carboxylic acids is 2. The molecule has 45 heavy (non-hydrogen) atoms. The quantitative estimate of drug-likeness (QED) is 0.240. The van der Waals surface area contributed by atoms with Crippen LogP contribution in [0.25, 0.3) is 0 Å². The number of hydrogen-bond donors (Lipinski definition) is 4. The molecule has 0 bridgehead atoms. The Labute approximate surface area is 264 Å². The summed E-state index contributed by atoms with van der Waals surface area (Å²) in [7, 11) is -1.51. The van der Waals surface area contributed by atoms with Crippen LogP contribution in [0, 0.1) is 0 Å². The first-order valence-electron chi connectivity index (χ1n) is 14.4. The zero-order valence-electron chi connectivity index (χ0n) is 27.3. The van der Waals surface area contributed by atoms with Crippen LogP contribution in [0.5, 0.6) is 5.75 Å². The van der Waals surface area contributed by atoms with Crippen molar-refractivity contribution in [1.82, 2.24) is 15.0 Å². The van der Waals surface area contributed by atoms with Crippen molar-refractivity contribution >= 4 is 39.2 Å². The van der Waals surface area contributed by atoms with Crippen molar-refractivity contribution in [3.8, 4) is 5.75 Å². The van der Waals surface area contributed by atoms with Crippen molar-refractivity contribution < 1.29 is 31.8 Å². The lowest BCUT2D eigenvalue weighted by Crippen LogP contribution is -2.60. The molecule has 13 nitrogen and oxygen atoms in total. The van der Waals surface area contributed by atoms with Crippen LogP contribution in [0.4, 0.5) is 22.0 Å². The normalized spacial score (nSPS) is 16.6. The highest BCUT2D eigenvalue weighted by Gasteiger charge is 2.44. The van der Waals surface area contributed by atoms with E-state index in [-0.39, 0.29) is 34.2 Å². The SMILES string of the molecule is CN1C(C)(C)CC(Oc2ccc(C(=O)Nc3ccc(NC(=O)Nc4cc(C(C)(C)C)on4)cc3)nc2)CC1(C)C.CS(=O)(=O)O. The van der Waals surface area contributed by atoms with Crippen LogP contribution in [0.1, 0.15) is 77.6 Å². The van der Waals surface area contributed by atoms with Crippen molar-refractivity contribution in [2.45, 2.75) is 83.9 Å². The Morgan fingerprint density at radius 1 is 0.978 bits per heavy atom. The van der Waals surface area contributed by atoms with Gasteiger partial charge in [0.25, 0.3) is 16.0 Å². The fourth-order valence-corrected chi connectivity index (χ4v) is 4.94. The summed E-state index contributed by atoms with van der Waals surface area (Å²) in [5.74, 6) is 1.30. The lowest BCUT2D eigenvalue weighted by molar-refractivity contribution is -0.0557. The molecule has 14 heteroatoms. The second kappa shape index (κ2) is 13.5. The number of hydrogen-bond acceptors (Lipinski definition) is 9. The number of amides is 3. The van der Waals surface area contributed by atoms with Gasteiger partial charge in [0.1, 0.15) is 23.3 Å². The second-order valence-electron chi connectivity index (χ2n) is 13.4. The van der Waals surface area contributed by atoms with Gasteiger partial charge in [0, 0.05) is 46.8 Å². The number of nitrogens with one attached hydrogen (secondary N) is 3. The van der Waals surface area contributed by atoms with Gasteiger partial charge in [-0.1, -0.05) is 25.9 Å². The van der Waals surface area contributed by atoms with Gasteiger partial charge in [-0.2, -0.15) is 8.42 Å². The maximum Gasteiger partial charge on any atom is 0.324 e. The molecule has 2 aromatic heterocycles. The van der Waals surface area contributed by atoms with E-state index in [1.54, 1.807) is 48.7 Å². The molecule has 1 aromatic carbocycles. The number of anilines is 3. The third-order valence-electron chi connectivity index (χ3n) is 7.43. The highest BCUT2D eigenvalue weighted by atomic mass is 32.2. The van der Waals surface area contributed by atoms with Crippen molar-refractivity contribution in [2.75, 3.05) is 29.3 Å². The summed E-state index contributed by atoms with van der Waals surface area (Å²) >= 11 is 0. The average Bonchev–Trinajstić information content (AvgIpc) is 3.36. The van der Waals surface area contributed by atoms with Gasteiger partial charge < -0.3 is 19.9 Å². The second-order valence-corrected chi connectivity index (χ2v) is 14.8. The van der Waals surface area contributed by atoms with E-state index in [9.17, 15) is 18.0 Å². The average molecular weight is 645 g/mol. The lowest BCUT2D eigenvalue weighted by Gasteiger charge is -2.53. The van der Waals surface area contributed by atoms with Gasteiger partial charge in [-0.3, -0.25) is 19.6 Å². The number of aromatic nitrogens is 2. The summed E-state index contributed by atoms with van der Waals surface area (Å²) in [5, 5.41) is 12.1. The molecule has 3 amide bonds. The van der Waals surface area contributed by atoms with Crippen LogP contribution in [0.2, 0.25) is 0 Å². The molecule has 3 aromatic rings. The fraction of sp³-hybridized carbons (Fsp3) is 0.484. The van der Waals surface area contributed by atoms with Gasteiger partial charge in [0.2, 0.25) is 0 Å². The van der Waals surface area contributed by atoms with Crippen molar-refractivity contribution in [2.24, 2.45) is 0 Å². The number of benzene rings is 1. The standard InChI is InChI=1S/C30H40N6O4.CH4O3S/c1-28(2,3)24-15-25(35-40-24)34-27(38)33-20-11-9-19(10-12-20)32-26(37)23-14-13-21(18-31-23)39-22-16-29(4,5)36(8)30(6,7)17-22;1-5(2,3)4/h9-15,18,22H,16-17H2,1-8H3,(H,32,37)(H2,33,34,35,38);1H3,(H,2,3,4). The predicted molar refractivity (Wildman–Crippen MR) is 174 cm³/mol. The Kier molecular flexibility index (Phi) is 10.7. The smallest absolute Gasteiger partial charge is 0.324 e. The van der Waals surface area contributed by atoms with Crippen LogP contribution in [-0.4, -0.2) is 70.4 Å². The first kappa shape index (κ1) is 35.5. The number of rotatable bonds is 6. The van der Waals surface area contributed by atoms with E-state index in [1.165, 1.54) is 0 Å². The molecule has 1 aliphatic rings. The minimum absolute atomic E-state index is 0.0156. The zero-order valence-corrected chi connectivity index (χ0v) is 28.1. The van der Waals surface area contributed by atoms with Crippen molar-refractivity contribution in [1.29, 1.82) is 0 Å². The maximum atomic E-state index is 12.7. The highest BCUT2D eigenvalue weighted by molar-refractivity contribution is 7.85. The van der Waals surface area contributed by atoms with Crippen LogP contribution >= 0.6 is 0 Å². The Bertz CT molecular complexity index is 1550. The molecule has 246 valence electrons. The number of carbonyl (C=O) groups is 2. The number of likely N-dealkylation sites (tertiary alicyclic amines) is 1. The van der Waals surface area contributed by atoms with E-state index in [1.807, 2.05) is 20.8 Å². The minimum Gasteiger partial charge on any atom is -0.489 e. The van der Waals surface area contributed by atoms with Gasteiger partial charge >= 0.3 is 6.03 Å². The lowest BCUT2D eigenvalue weighted by atomic mass is 9.79. The molecule has 0 aliphatic carbocycles. The Hall–Kier alpha value is -4.01. The topological polar surface area (TPSA) is 176 Å². The molecule has 4 rings (SSSR count). The fourth-order valence-electron chi connectivity index (χ4n) is 4.94. The highest BCUT2D eigenvalue weighted by Crippen LogP contribution is 2.38. The van der Waals surface area contributed by atoms with Gasteiger partial charge in [-0.25, -0.2) is 9.78 Å². The van der Waals surface area contributed by atoms with E-state index in [0.29, 0.717) is 35.0 Å². The van der Waals surface area contributed by atoms with Crippen LogP contribution in [0.15, 0.2) is 53.2 Å². The molecule has 0 atom stereocenters. The van der Waals surface area contributed by atoms with Crippen LogP contribution < -0.4 is 20.7 Å². The Morgan fingerprint density at radius 2 is 1.51 bits per heavy atom. The first-order valence-corrected chi connectivity index (χ1v) is 16.2. The third kappa shape index (κ3) is 10.8. The van der Waals surface area contributed by atoms with Gasteiger partial charge in [-0.15, -0.1) is 0 Å². The molecule has 3 heterocycles. The van der Waals surface area contributed by atoms with E-state index in [0.717, 1.165) is 12.8 Å². The summed E-state index contributed by atoms with van der Waals surface area (Å²) in [4.78, 5) is 31.8. The molecule has 1 saturated heterocycles. The van der Waals surface area contributed by atoms with Crippen molar-refractivity contribution in [3.05, 3.63) is 60.1 Å². The minimum atomic E-state index is -3.67. The third-order valence-corrected chi connectivity index (χ3v) is 7.43. The van der Waals surface area contributed by atoms with Gasteiger partial charge in [-0.05, 0) is 71.1 Å². The molecule has 4 N–H and O–H groups in total. The molecule has 1 aliphatic heterocycles. The predicted octanol–water partition coefficient (Wildman–Crippen LogP) is 5.80. The summed E-state index contributed by atoms with van der Waals surface area (Å²) in [6, 6.07) is 11.5. The largest absolute Gasteiger partial charge is 0.489 e. The Morgan fingerprint density at radius 3 is 1.98 bits per heavy atom. The molecule has 0 unspecified atom stereocenters. The molecular formula is C31H44N6O7S. The molecule has 0 spiro atoms. The molecule has 0 saturated carbocycles. The summed E-state index contributed by atoms with van der Waals surface area (Å²) in [6.07, 6.45) is 4.18. The van der Waals surface area contributed by atoms with Crippen LogP contribution in [-0.2, 0) is 15.5 Å². The maximum absolute atomic E-state index is 12.7. The van der Waals surface area contributed by atoms with E-state index in [2.05, 4.69) is 65.7 Å². The molecule has 1 fully saturated rings. The zero-order chi connectivity index (χ0) is 33.8. The summed E-state index contributed by atoms with van der Waals surface area (Å²) in [6.45, 7) is 14.9. The molecular weight excluding hydrogens is 600 g/mol. The molecule has 0 radical (unpaired) electrons. The van der Waals surface area contributed by atoms with Gasteiger partial charge in [0.15, 0.2) is 5.82 Å². The first-order chi connectivity index (χ1) is 20.6. The number of nitrogens with zero attached hydrogens (tertiary/aromatic N) is 3. The Balaban J connectivity index is 0.00000102. The number of piperidine rings is 1. The summed E-state index contributed by atoms with van der Waals surface area (Å²) in [5.41, 5.74) is 1.22. The van der Waals surface area contributed by atoms with Crippen molar-refractivity contribution in [3.63, 3.8) is 0 Å². The van der Waals surface area contributed by atoms with E-state index < -0.39 is 16.1 Å². The number of urea groups is 1. The number of pyridine rings is 1. The monoisotopic (exact) mass is 644 g/mol. The van der Waals surface area contributed by atoms with E-state index >= 15 is 0 Å². The van der Waals surface area contributed by atoms with Gasteiger partial charge in [0.05, 0.1) is 12.5 Å². The summed E-state index contributed by atoms with van der Waals surface area (Å²) < 4.78 is 37.4. The van der Waals surface area contributed by atoms with E-state index in [4.69, 9.17) is 13.8 Å².